The van der Waals surface area contributed by atoms with Gasteiger partial charge in [0.25, 0.3) is 0 Å². The number of phenolic OH excluding ortho intramolecular Hbond substituents is 1. The first kappa shape index (κ1) is 20.8. The van der Waals surface area contributed by atoms with Crippen molar-refractivity contribution in [1.82, 2.24) is 0 Å². The molecule has 1 saturated heterocycles. The van der Waals surface area contributed by atoms with E-state index in [0.29, 0.717) is 0 Å². The molecule has 10 heteroatoms. The Morgan fingerprint density at radius 2 is 1.81 bits per heavy atom. The minimum atomic E-state index is -1.61. The molecule has 0 spiro atoms. The second-order valence-corrected chi connectivity index (χ2v) is 5.97. The van der Waals surface area contributed by atoms with Crippen molar-refractivity contribution in [2.24, 2.45) is 0 Å². The summed E-state index contributed by atoms with van der Waals surface area (Å²) in [6.45, 7) is -1.09. The van der Waals surface area contributed by atoms with Crippen LogP contribution in [0.1, 0.15) is 11.7 Å². The van der Waals surface area contributed by atoms with Gasteiger partial charge in [0.05, 0.1) is 20.3 Å². The molecule has 1 heterocycles. The topological polar surface area (TPSA) is 169 Å². The first-order valence-electron chi connectivity index (χ1n) is 7.95. The highest BCUT2D eigenvalue weighted by molar-refractivity contribution is 5.42. The molecule has 0 saturated carbocycles. The van der Waals surface area contributed by atoms with E-state index >= 15 is 0 Å². The lowest BCUT2D eigenvalue weighted by Crippen LogP contribution is -2.59. The van der Waals surface area contributed by atoms with Gasteiger partial charge in [-0.1, -0.05) is 6.07 Å². The standard InChI is InChI=1S/C16H24O10/c1-24-10-4-7(2-3-8(10)18)12(20)9(19)6-25-16-15(23)14(22)13(21)11(5-17)26-16/h2-4,9,11-23H,5-6H2,1H3/t9?,11-,12?,13-,14+,15-,16-/m1/s1. The summed E-state index contributed by atoms with van der Waals surface area (Å²) < 4.78 is 15.3. The van der Waals surface area contributed by atoms with Crippen LogP contribution in [0, 0.1) is 0 Å². The Bertz CT molecular complexity index is 580. The molecule has 26 heavy (non-hydrogen) atoms. The van der Waals surface area contributed by atoms with Crippen molar-refractivity contribution < 1.29 is 50.0 Å². The highest BCUT2D eigenvalue weighted by atomic mass is 16.7. The fraction of sp³-hybridized carbons (Fsp3) is 0.625. The number of hydrogen-bond acceptors (Lipinski definition) is 10. The van der Waals surface area contributed by atoms with Crippen molar-refractivity contribution in [3.8, 4) is 11.5 Å². The van der Waals surface area contributed by atoms with Crippen LogP contribution in [0.25, 0.3) is 0 Å². The van der Waals surface area contributed by atoms with Crippen LogP contribution in [-0.4, -0.2) is 92.9 Å². The molecule has 1 aromatic rings. The molecule has 1 aromatic carbocycles. The van der Waals surface area contributed by atoms with Gasteiger partial charge in [-0.15, -0.1) is 0 Å². The van der Waals surface area contributed by atoms with Crippen LogP contribution in [0.5, 0.6) is 11.5 Å². The Balaban J connectivity index is 1.97. The van der Waals surface area contributed by atoms with Crippen LogP contribution in [0.15, 0.2) is 18.2 Å². The van der Waals surface area contributed by atoms with Crippen LogP contribution in [-0.2, 0) is 9.47 Å². The van der Waals surface area contributed by atoms with E-state index < -0.39 is 56.1 Å². The summed E-state index contributed by atoms with van der Waals surface area (Å²) in [6.07, 6.45) is -10.1. The van der Waals surface area contributed by atoms with Crippen molar-refractivity contribution in [2.45, 2.75) is 42.9 Å². The van der Waals surface area contributed by atoms with Crippen LogP contribution in [0.3, 0.4) is 0 Å². The summed E-state index contributed by atoms with van der Waals surface area (Å²) in [5, 5.41) is 68.2. The molecule has 148 valence electrons. The number of methoxy groups -OCH3 is 1. The quantitative estimate of drug-likeness (QED) is 0.272. The highest BCUT2D eigenvalue weighted by Crippen LogP contribution is 2.30. The summed E-state index contributed by atoms with van der Waals surface area (Å²) in [4.78, 5) is 0. The Labute approximate surface area is 149 Å². The number of hydrogen-bond donors (Lipinski definition) is 7. The summed E-state index contributed by atoms with van der Waals surface area (Å²) >= 11 is 0. The van der Waals surface area contributed by atoms with Gasteiger partial charge in [0.1, 0.15) is 36.6 Å². The third kappa shape index (κ3) is 4.42. The van der Waals surface area contributed by atoms with Crippen LogP contribution in [0.4, 0.5) is 0 Å². The maximum Gasteiger partial charge on any atom is 0.186 e. The molecule has 2 rings (SSSR count). The maximum absolute atomic E-state index is 10.2. The van der Waals surface area contributed by atoms with Crippen molar-refractivity contribution in [2.75, 3.05) is 20.3 Å². The number of aliphatic hydroxyl groups excluding tert-OH is 6. The van der Waals surface area contributed by atoms with E-state index in [1.165, 1.54) is 25.3 Å². The highest BCUT2D eigenvalue weighted by Gasteiger charge is 2.44. The zero-order valence-corrected chi connectivity index (χ0v) is 14.0. The maximum atomic E-state index is 10.2. The van der Waals surface area contributed by atoms with Gasteiger partial charge in [-0.05, 0) is 17.7 Å². The van der Waals surface area contributed by atoms with Gasteiger partial charge < -0.3 is 50.0 Å². The minimum absolute atomic E-state index is 0.114. The SMILES string of the molecule is COc1cc(C(O)C(O)CO[C@@H]2O[C@H](CO)[C@@H](O)[C@H](O)[C@H]2O)ccc1O. The number of rotatable bonds is 7. The molecule has 0 amide bonds. The Morgan fingerprint density at radius 1 is 1.12 bits per heavy atom. The van der Waals surface area contributed by atoms with Gasteiger partial charge in [-0.3, -0.25) is 0 Å². The normalized spacial score (nSPS) is 31.4. The lowest BCUT2D eigenvalue weighted by Gasteiger charge is -2.39. The van der Waals surface area contributed by atoms with Gasteiger partial charge in [-0.2, -0.15) is 0 Å². The summed E-state index contributed by atoms with van der Waals surface area (Å²) in [6, 6.07) is 4.03. The summed E-state index contributed by atoms with van der Waals surface area (Å²) in [7, 11) is 1.34. The van der Waals surface area contributed by atoms with Crippen molar-refractivity contribution in [3.63, 3.8) is 0 Å². The average Bonchev–Trinajstić information content (AvgIpc) is 2.65. The van der Waals surface area contributed by atoms with E-state index in [0.717, 1.165) is 0 Å². The van der Waals surface area contributed by atoms with Gasteiger partial charge in [0.15, 0.2) is 17.8 Å². The number of aliphatic hydroxyl groups is 6. The lowest BCUT2D eigenvalue weighted by molar-refractivity contribution is -0.306. The third-order valence-electron chi connectivity index (χ3n) is 4.19. The van der Waals surface area contributed by atoms with E-state index in [4.69, 9.17) is 19.3 Å². The number of aromatic hydroxyl groups is 1. The Kier molecular flexibility index (Phi) is 7.15. The minimum Gasteiger partial charge on any atom is -0.504 e. The van der Waals surface area contributed by atoms with E-state index in [2.05, 4.69) is 0 Å². The molecule has 0 aromatic heterocycles. The molecule has 1 fully saturated rings. The van der Waals surface area contributed by atoms with Crippen molar-refractivity contribution in [3.05, 3.63) is 23.8 Å². The molecule has 0 bridgehead atoms. The number of benzene rings is 1. The number of ether oxygens (including phenoxy) is 3. The molecule has 1 aliphatic heterocycles. The second kappa shape index (κ2) is 8.93. The summed E-state index contributed by atoms with van der Waals surface area (Å²) in [5.41, 5.74) is 0.254. The monoisotopic (exact) mass is 376 g/mol. The molecule has 7 N–H and O–H groups in total. The molecule has 0 aliphatic carbocycles. The average molecular weight is 376 g/mol. The molecule has 10 nitrogen and oxygen atoms in total. The molecular weight excluding hydrogens is 352 g/mol. The zero-order chi connectivity index (χ0) is 19.4. The van der Waals surface area contributed by atoms with Crippen molar-refractivity contribution >= 4 is 0 Å². The van der Waals surface area contributed by atoms with E-state index in [1.807, 2.05) is 0 Å². The molecule has 2 unspecified atom stereocenters. The number of phenols is 1. The molecule has 7 atom stereocenters. The van der Waals surface area contributed by atoms with Crippen LogP contribution in [0.2, 0.25) is 0 Å². The molecule has 1 aliphatic rings. The largest absolute Gasteiger partial charge is 0.504 e. The summed E-state index contributed by atoms with van der Waals surface area (Å²) in [5.74, 6) is -0.0147. The smallest absolute Gasteiger partial charge is 0.186 e. The fourth-order valence-corrected chi connectivity index (χ4v) is 2.59. The fourth-order valence-electron chi connectivity index (χ4n) is 2.59. The predicted molar refractivity (Wildman–Crippen MR) is 85.3 cm³/mol. The molecule has 0 radical (unpaired) electrons. The first-order valence-corrected chi connectivity index (χ1v) is 7.95. The van der Waals surface area contributed by atoms with Gasteiger partial charge in [-0.25, -0.2) is 0 Å². The van der Waals surface area contributed by atoms with Crippen LogP contribution < -0.4 is 4.74 Å². The van der Waals surface area contributed by atoms with Gasteiger partial charge >= 0.3 is 0 Å². The second-order valence-electron chi connectivity index (χ2n) is 5.97. The van der Waals surface area contributed by atoms with Crippen molar-refractivity contribution in [1.29, 1.82) is 0 Å². The molecular formula is C16H24O10. The zero-order valence-electron chi connectivity index (χ0n) is 14.0. The lowest BCUT2D eigenvalue weighted by atomic mass is 9.99. The van der Waals surface area contributed by atoms with Gasteiger partial charge in [0, 0.05) is 0 Å². The van der Waals surface area contributed by atoms with E-state index in [9.17, 15) is 30.6 Å². The Hall–Kier alpha value is -1.50. The van der Waals surface area contributed by atoms with E-state index in [1.54, 1.807) is 0 Å². The predicted octanol–water partition coefficient (Wildman–Crippen LogP) is -2.39. The first-order chi connectivity index (χ1) is 12.3. The Morgan fingerprint density at radius 3 is 2.42 bits per heavy atom. The van der Waals surface area contributed by atoms with Crippen LogP contribution >= 0.6 is 0 Å². The van der Waals surface area contributed by atoms with Gasteiger partial charge in [0.2, 0.25) is 0 Å². The van der Waals surface area contributed by atoms with E-state index in [-0.39, 0.29) is 17.1 Å². The third-order valence-corrected chi connectivity index (χ3v) is 4.19.